The van der Waals surface area contributed by atoms with Crippen molar-refractivity contribution >= 4 is 22.6 Å². The molecule has 96 valence electrons. The van der Waals surface area contributed by atoms with E-state index in [2.05, 4.69) is 72.0 Å². The third kappa shape index (κ3) is 2.84. The van der Waals surface area contributed by atoms with Crippen LogP contribution < -0.4 is 4.74 Å². The second-order valence-electron chi connectivity index (χ2n) is 4.83. The number of ether oxygens (including phenoxy) is 1. The lowest BCUT2D eigenvalue weighted by Crippen LogP contribution is -2.22. The van der Waals surface area contributed by atoms with Crippen LogP contribution in [0.15, 0.2) is 71.4 Å². The van der Waals surface area contributed by atoms with Crippen molar-refractivity contribution in [3.8, 4) is 5.75 Å². The number of halogens is 1. The van der Waals surface area contributed by atoms with Gasteiger partial charge in [0.15, 0.2) is 0 Å². The maximum Gasteiger partial charge on any atom is 0.143 e. The largest absolute Gasteiger partial charge is 0.482 e. The van der Waals surface area contributed by atoms with E-state index in [4.69, 9.17) is 4.74 Å². The fraction of sp³-hybridized carbons (Fsp3) is 0.176. The number of rotatable bonds is 2. The summed E-state index contributed by atoms with van der Waals surface area (Å²) in [7, 11) is 0. The number of allylic oxidation sites excluding steroid dienone is 5. The van der Waals surface area contributed by atoms with Gasteiger partial charge in [0, 0.05) is 3.57 Å². The third-order valence-electron chi connectivity index (χ3n) is 3.32. The number of benzene rings is 1. The van der Waals surface area contributed by atoms with E-state index in [9.17, 15) is 0 Å². The fourth-order valence-electron chi connectivity index (χ4n) is 2.42. The smallest absolute Gasteiger partial charge is 0.143 e. The monoisotopic (exact) mass is 362 g/mol. The Morgan fingerprint density at radius 3 is 2.79 bits per heavy atom. The minimum absolute atomic E-state index is 0.0324. The predicted molar refractivity (Wildman–Crippen MR) is 87.3 cm³/mol. The average Bonchev–Trinajstić information content (AvgIpc) is 2.41. The van der Waals surface area contributed by atoms with Crippen LogP contribution in [0.4, 0.5) is 0 Å². The molecule has 0 saturated heterocycles. The van der Waals surface area contributed by atoms with Crippen LogP contribution in [-0.4, -0.2) is 6.10 Å². The molecule has 0 fully saturated rings. The molecule has 0 amide bonds. The van der Waals surface area contributed by atoms with Crippen molar-refractivity contribution in [2.45, 2.75) is 19.4 Å². The van der Waals surface area contributed by atoms with E-state index in [-0.39, 0.29) is 6.10 Å². The minimum Gasteiger partial charge on any atom is -0.482 e. The van der Waals surface area contributed by atoms with Gasteiger partial charge in [0.1, 0.15) is 11.9 Å². The predicted octanol–water partition coefficient (Wildman–Crippen LogP) is 4.81. The first kappa shape index (κ1) is 12.7. The highest BCUT2D eigenvalue weighted by Gasteiger charge is 2.21. The van der Waals surface area contributed by atoms with Crippen LogP contribution in [0, 0.1) is 3.57 Å². The van der Waals surface area contributed by atoms with Crippen LogP contribution in [0.5, 0.6) is 5.75 Å². The first-order valence-electron chi connectivity index (χ1n) is 6.41. The Hall–Kier alpha value is -1.29. The first-order valence-corrected chi connectivity index (χ1v) is 7.48. The summed E-state index contributed by atoms with van der Waals surface area (Å²) in [5, 5.41) is 0. The highest BCUT2D eigenvalue weighted by Crippen LogP contribution is 2.31. The van der Waals surface area contributed by atoms with Gasteiger partial charge < -0.3 is 4.74 Å². The zero-order valence-electron chi connectivity index (χ0n) is 10.8. The zero-order valence-corrected chi connectivity index (χ0v) is 12.9. The van der Waals surface area contributed by atoms with E-state index in [1.54, 1.807) is 0 Å². The Bertz CT molecular complexity index is 603. The van der Waals surface area contributed by atoms with Gasteiger partial charge in [-0.15, -0.1) is 0 Å². The highest BCUT2D eigenvalue weighted by atomic mass is 127. The standard InChI is InChI=1S/C17H15IO/c1-12-10-13-4-2-3-5-16(13)17(11-12)19-15-8-6-14(18)7-9-15/h2-3,5-11,17H,4H2,1H3. The molecule has 0 aliphatic heterocycles. The Balaban J connectivity index is 1.87. The molecule has 0 spiro atoms. The van der Waals surface area contributed by atoms with Crippen molar-refractivity contribution in [1.82, 2.24) is 0 Å². The Morgan fingerprint density at radius 1 is 1.21 bits per heavy atom. The fourth-order valence-corrected chi connectivity index (χ4v) is 2.78. The van der Waals surface area contributed by atoms with Gasteiger partial charge in [-0.05, 0) is 77.4 Å². The summed E-state index contributed by atoms with van der Waals surface area (Å²) >= 11 is 2.30. The van der Waals surface area contributed by atoms with Crippen molar-refractivity contribution in [1.29, 1.82) is 0 Å². The molecule has 0 aromatic heterocycles. The molecule has 1 aromatic rings. The van der Waals surface area contributed by atoms with E-state index >= 15 is 0 Å². The number of hydrogen-bond acceptors (Lipinski definition) is 1. The molecule has 1 atom stereocenters. The molecule has 1 aromatic carbocycles. The van der Waals surface area contributed by atoms with Crippen LogP contribution >= 0.6 is 22.6 Å². The van der Waals surface area contributed by atoms with E-state index in [1.165, 1.54) is 20.3 Å². The van der Waals surface area contributed by atoms with Gasteiger partial charge in [-0.25, -0.2) is 0 Å². The van der Waals surface area contributed by atoms with Crippen LogP contribution in [0.1, 0.15) is 13.3 Å². The van der Waals surface area contributed by atoms with Gasteiger partial charge in [0.2, 0.25) is 0 Å². The molecular weight excluding hydrogens is 347 g/mol. The second-order valence-corrected chi connectivity index (χ2v) is 6.07. The van der Waals surface area contributed by atoms with Gasteiger partial charge in [-0.3, -0.25) is 0 Å². The Kier molecular flexibility index (Phi) is 3.60. The zero-order chi connectivity index (χ0) is 13.2. The van der Waals surface area contributed by atoms with E-state index in [0.717, 1.165) is 12.2 Å². The maximum atomic E-state index is 6.13. The van der Waals surface area contributed by atoms with Gasteiger partial charge >= 0.3 is 0 Å². The summed E-state index contributed by atoms with van der Waals surface area (Å²) in [6.45, 7) is 2.13. The van der Waals surface area contributed by atoms with Crippen molar-refractivity contribution in [3.63, 3.8) is 0 Å². The summed E-state index contributed by atoms with van der Waals surface area (Å²) in [6.07, 6.45) is 11.9. The summed E-state index contributed by atoms with van der Waals surface area (Å²) < 4.78 is 7.35. The normalized spacial score (nSPS) is 21.2. The lowest BCUT2D eigenvalue weighted by atomic mass is 9.87. The molecule has 0 heterocycles. The summed E-state index contributed by atoms with van der Waals surface area (Å²) in [4.78, 5) is 0. The summed E-state index contributed by atoms with van der Waals surface area (Å²) in [5.41, 5.74) is 3.93. The molecule has 2 heteroatoms. The minimum atomic E-state index is 0.0324. The molecule has 1 nitrogen and oxygen atoms in total. The van der Waals surface area contributed by atoms with E-state index in [1.807, 2.05) is 12.1 Å². The van der Waals surface area contributed by atoms with Gasteiger partial charge in [0.25, 0.3) is 0 Å². The molecule has 1 unspecified atom stereocenters. The molecule has 2 aliphatic carbocycles. The topological polar surface area (TPSA) is 9.23 Å². The van der Waals surface area contributed by atoms with Crippen LogP contribution in [0.25, 0.3) is 0 Å². The van der Waals surface area contributed by atoms with Crippen molar-refractivity contribution < 1.29 is 4.74 Å². The molecule has 3 rings (SSSR count). The quantitative estimate of drug-likeness (QED) is 0.686. The molecule has 2 aliphatic rings. The molecular formula is C17H15IO. The van der Waals surface area contributed by atoms with Gasteiger partial charge in [-0.1, -0.05) is 29.9 Å². The van der Waals surface area contributed by atoms with Crippen molar-refractivity contribution in [3.05, 3.63) is 74.9 Å². The Morgan fingerprint density at radius 2 is 2.00 bits per heavy atom. The second kappa shape index (κ2) is 5.37. The number of fused-ring (bicyclic) bond motifs is 1. The maximum absolute atomic E-state index is 6.13. The van der Waals surface area contributed by atoms with Gasteiger partial charge in [-0.2, -0.15) is 0 Å². The van der Waals surface area contributed by atoms with Crippen LogP contribution in [0.3, 0.4) is 0 Å². The molecule has 0 N–H and O–H groups in total. The molecule has 19 heavy (non-hydrogen) atoms. The Labute approximate surface area is 127 Å². The summed E-state index contributed by atoms with van der Waals surface area (Å²) in [6, 6.07) is 8.20. The average molecular weight is 362 g/mol. The van der Waals surface area contributed by atoms with E-state index in [0.29, 0.717) is 0 Å². The summed E-state index contributed by atoms with van der Waals surface area (Å²) in [5.74, 6) is 0.922. The van der Waals surface area contributed by atoms with Gasteiger partial charge in [0.05, 0.1) is 0 Å². The SMILES string of the molecule is CC1=CC(Oc2ccc(I)cc2)C2=CC=CCC2=C1. The van der Waals surface area contributed by atoms with E-state index < -0.39 is 0 Å². The number of hydrogen-bond donors (Lipinski definition) is 0. The van der Waals surface area contributed by atoms with Crippen molar-refractivity contribution in [2.24, 2.45) is 0 Å². The first-order chi connectivity index (χ1) is 9.22. The molecule has 0 radical (unpaired) electrons. The van der Waals surface area contributed by atoms with Crippen LogP contribution in [0.2, 0.25) is 0 Å². The lowest BCUT2D eigenvalue weighted by Gasteiger charge is -2.26. The van der Waals surface area contributed by atoms with Crippen LogP contribution in [-0.2, 0) is 0 Å². The van der Waals surface area contributed by atoms with Crippen molar-refractivity contribution in [2.75, 3.05) is 0 Å². The highest BCUT2D eigenvalue weighted by molar-refractivity contribution is 14.1. The lowest BCUT2D eigenvalue weighted by molar-refractivity contribution is 0.283. The third-order valence-corrected chi connectivity index (χ3v) is 4.04. The molecule has 0 saturated carbocycles. The molecule has 0 bridgehead atoms.